The topological polar surface area (TPSA) is 69.6 Å². The molecule has 0 fully saturated rings. The molecule has 1 aromatic carbocycles. The highest BCUT2D eigenvalue weighted by molar-refractivity contribution is 6.42. The number of rotatable bonds is 10. The summed E-state index contributed by atoms with van der Waals surface area (Å²) >= 11 is 11.9. The van der Waals surface area contributed by atoms with Gasteiger partial charge in [0.15, 0.2) is 5.76 Å². The molecule has 2 rings (SSSR count). The maximum atomic E-state index is 12.4. The van der Waals surface area contributed by atoms with Crippen molar-refractivity contribution in [1.29, 1.82) is 0 Å². The van der Waals surface area contributed by atoms with Crippen LogP contribution in [0.4, 0.5) is 0 Å². The average Bonchev–Trinajstić information content (AvgIpc) is 3.00. The zero-order chi connectivity index (χ0) is 22.3. The Morgan fingerprint density at radius 3 is 2.70 bits per heavy atom. The SMILES string of the molecule is C=C/C=C(\C=C)C(C)CN1CC(C(=O)NCCCc2ccc(Cl)c(Cl)c2)=C(O)C1=O. The molecule has 5 nitrogen and oxygen atoms in total. The number of carbonyl (C=O) groups is 2. The van der Waals surface area contributed by atoms with Crippen LogP contribution in [0.1, 0.15) is 18.9 Å². The van der Waals surface area contributed by atoms with E-state index in [2.05, 4.69) is 18.5 Å². The fourth-order valence-corrected chi connectivity index (χ4v) is 3.57. The summed E-state index contributed by atoms with van der Waals surface area (Å²) in [5.74, 6) is -1.47. The van der Waals surface area contributed by atoms with Crippen LogP contribution in [0.25, 0.3) is 0 Å². The molecular formula is C23H26Cl2N2O3. The van der Waals surface area contributed by atoms with Crippen molar-refractivity contribution >= 4 is 35.0 Å². The molecule has 0 radical (unpaired) electrons. The van der Waals surface area contributed by atoms with Crippen molar-refractivity contribution in [3.05, 3.63) is 82.1 Å². The highest BCUT2D eigenvalue weighted by atomic mass is 35.5. The Morgan fingerprint density at radius 2 is 2.07 bits per heavy atom. The van der Waals surface area contributed by atoms with Gasteiger partial charge in [-0.25, -0.2) is 0 Å². The van der Waals surface area contributed by atoms with Crippen LogP contribution < -0.4 is 5.32 Å². The van der Waals surface area contributed by atoms with Gasteiger partial charge in [0, 0.05) is 13.1 Å². The predicted octanol–water partition coefficient (Wildman–Crippen LogP) is 4.63. The quantitative estimate of drug-likeness (QED) is 0.404. The minimum absolute atomic E-state index is 0.00846. The number of nitrogens with zero attached hydrogens (tertiary/aromatic N) is 1. The molecule has 0 aliphatic carbocycles. The number of nitrogens with one attached hydrogen (secondary N) is 1. The minimum Gasteiger partial charge on any atom is -0.503 e. The van der Waals surface area contributed by atoms with Gasteiger partial charge in [-0.2, -0.15) is 0 Å². The van der Waals surface area contributed by atoms with E-state index in [0.29, 0.717) is 36.0 Å². The van der Waals surface area contributed by atoms with E-state index in [-0.39, 0.29) is 18.0 Å². The lowest BCUT2D eigenvalue weighted by molar-refractivity contribution is -0.128. The Hall–Kier alpha value is -2.50. The van der Waals surface area contributed by atoms with Crippen LogP contribution in [0.5, 0.6) is 0 Å². The number of amides is 2. The molecule has 0 saturated heterocycles. The summed E-state index contributed by atoms with van der Waals surface area (Å²) in [5.41, 5.74) is 2.04. The number of aliphatic hydroxyl groups excluding tert-OH is 1. The Bertz CT molecular complexity index is 906. The molecule has 2 N–H and O–H groups in total. The van der Waals surface area contributed by atoms with Gasteiger partial charge in [0.05, 0.1) is 22.2 Å². The van der Waals surface area contributed by atoms with Crippen LogP contribution in [0.15, 0.2) is 66.5 Å². The van der Waals surface area contributed by atoms with Gasteiger partial charge in [-0.1, -0.05) is 67.6 Å². The Balaban J connectivity index is 1.87. The fraction of sp³-hybridized carbons (Fsp3) is 0.304. The molecule has 0 aromatic heterocycles. The Kier molecular flexibility index (Phi) is 8.75. The number of carbonyl (C=O) groups excluding carboxylic acids is 2. The molecule has 2 amide bonds. The van der Waals surface area contributed by atoms with Gasteiger partial charge in [0.2, 0.25) is 0 Å². The molecule has 1 unspecified atom stereocenters. The lowest BCUT2D eigenvalue weighted by Crippen LogP contribution is -2.33. The zero-order valence-corrected chi connectivity index (χ0v) is 18.5. The number of hydrogen-bond acceptors (Lipinski definition) is 3. The van der Waals surface area contributed by atoms with Crippen LogP contribution in [0.3, 0.4) is 0 Å². The first-order chi connectivity index (χ1) is 14.3. The van der Waals surface area contributed by atoms with Crippen LogP contribution >= 0.6 is 23.2 Å². The number of benzene rings is 1. The summed E-state index contributed by atoms with van der Waals surface area (Å²) < 4.78 is 0. The van der Waals surface area contributed by atoms with Crippen LogP contribution in [-0.2, 0) is 16.0 Å². The van der Waals surface area contributed by atoms with Crippen molar-refractivity contribution < 1.29 is 14.7 Å². The Labute approximate surface area is 187 Å². The van der Waals surface area contributed by atoms with Crippen molar-refractivity contribution in [2.75, 3.05) is 19.6 Å². The standard InChI is InChI=1S/C23H26Cl2N2O3/c1-4-7-17(5-2)15(3)13-27-14-18(21(28)23(27)30)22(29)26-11-6-8-16-9-10-19(24)20(25)12-16/h4-5,7,9-10,12,15,28H,1-2,6,8,11,13-14H2,3H3,(H,26,29)/b17-7+. The van der Waals surface area contributed by atoms with E-state index in [9.17, 15) is 14.7 Å². The largest absolute Gasteiger partial charge is 0.503 e. The van der Waals surface area contributed by atoms with Crippen molar-refractivity contribution in [3.8, 4) is 0 Å². The second-order valence-corrected chi connectivity index (χ2v) is 7.94. The van der Waals surface area contributed by atoms with Gasteiger partial charge < -0.3 is 15.3 Å². The first kappa shape index (κ1) is 23.8. The van der Waals surface area contributed by atoms with Crippen LogP contribution in [0, 0.1) is 5.92 Å². The van der Waals surface area contributed by atoms with Crippen molar-refractivity contribution in [3.63, 3.8) is 0 Å². The third kappa shape index (κ3) is 6.00. The summed E-state index contributed by atoms with van der Waals surface area (Å²) in [6, 6.07) is 5.42. The third-order valence-corrected chi connectivity index (χ3v) is 5.66. The molecule has 1 atom stereocenters. The molecule has 30 heavy (non-hydrogen) atoms. The number of halogens is 2. The van der Waals surface area contributed by atoms with E-state index in [1.54, 1.807) is 24.3 Å². The Morgan fingerprint density at radius 1 is 1.33 bits per heavy atom. The molecule has 1 heterocycles. The first-order valence-corrected chi connectivity index (χ1v) is 10.4. The number of allylic oxidation sites excluding steroid dienone is 3. The van der Waals surface area contributed by atoms with Gasteiger partial charge in [-0.3, -0.25) is 9.59 Å². The molecular weight excluding hydrogens is 423 g/mol. The minimum atomic E-state index is -0.537. The zero-order valence-electron chi connectivity index (χ0n) is 17.0. The highest BCUT2D eigenvalue weighted by Crippen LogP contribution is 2.23. The molecule has 0 spiro atoms. The van der Waals surface area contributed by atoms with Gasteiger partial charge in [0.25, 0.3) is 11.8 Å². The monoisotopic (exact) mass is 448 g/mol. The van der Waals surface area contributed by atoms with E-state index in [4.69, 9.17) is 23.2 Å². The average molecular weight is 449 g/mol. The molecule has 0 saturated carbocycles. The molecule has 1 aromatic rings. The van der Waals surface area contributed by atoms with Gasteiger partial charge in [-0.15, -0.1) is 0 Å². The highest BCUT2D eigenvalue weighted by Gasteiger charge is 2.34. The van der Waals surface area contributed by atoms with Crippen LogP contribution in [0.2, 0.25) is 10.0 Å². The number of aliphatic hydroxyl groups is 1. The summed E-state index contributed by atoms with van der Waals surface area (Å²) in [6.07, 6.45) is 6.59. The van der Waals surface area contributed by atoms with Crippen molar-refractivity contribution in [1.82, 2.24) is 10.2 Å². The third-order valence-electron chi connectivity index (χ3n) is 4.92. The summed E-state index contributed by atoms with van der Waals surface area (Å²) in [7, 11) is 0. The molecule has 160 valence electrons. The molecule has 7 heteroatoms. The van der Waals surface area contributed by atoms with E-state index >= 15 is 0 Å². The number of hydrogen-bond donors (Lipinski definition) is 2. The van der Waals surface area contributed by atoms with E-state index in [0.717, 1.165) is 11.1 Å². The van der Waals surface area contributed by atoms with E-state index < -0.39 is 17.6 Å². The fourth-order valence-electron chi connectivity index (χ4n) is 3.25. The second-order valence-electron chi connectivity index (χ2n) is 7.13. The van der Waals surface area contributed by atoms with Crippen LogP contribution in [-0.4, -0.2) is 41.5 Å². The maximum absolute atomic E-state index is 12.4. The van der Waals surface area contributed by atoms with Gasteiger partial charge in [0.1, 0.15) is 0 Å². The second kappa shape index (κ2) is 11.0. The predicted molar refractivity (Wildman–Crippen MR) is 122 cm³/mol. The summed E-state index contributed by atoms with van der Waals surface area (Å²) in [6.45, 7) is 10.2. The summed E-state index contributed by atoms with van der Waals surface area (Å²) in [5, 5.41) is 13.9. The van der Waals surface area contributed by atoms with E-state index in [1.807, 2.05) is 19.1 Å². The van der Waals surface area contributed by atoms with Crippen molar-refractivity contribution in [2.24, 2.45) is 5.92 Å². The molecule has 1 aliphatic rings. The lowest BCUT2D eigenvalue weighted by atomic mass is 10.00. The van der Waals surface area contributed by atoms with Gasteiger partial charge >= 0.3 is 0 Å². The maximum Gasteiger partial charge on any atom is 0.289 e. The number of aryl methyl sites for hydroxylation is 1. The normalized spacial score (nSPS) is 15.4. The molecule has 1 aliphatic heterocycles. The van der Waals surface area contributed by atoms with E-state index in [1.165, 1.54) is 4.90 Å². The summed E-state index contributed by atoms with van der Waals surface area (Å²) in [4.78, 5) is 26.3. The molecule has 0 bridgehead atoms. The van der Waals surface area contributed by atoms with Crippen molar-refractivity contribution in [2.45, 2.75) is 19.8 Å². The van der Waals surface area contributed by atoms with Gasteiger partial charge in [-0.05, 0) is 42.0 Å². The first-order valence-electron chi connectivity index (χ1n) is 9.67. The smallest absolute Gasteiger partial charge is 0.289 e. The lowest BCUT2D eigenvalue weighted by Gasteiger charge is -2.21.